The third-order valence-electron chi connectivity index (χ3n) is 4.53. The van der Waals surface area contributed by atoms with Crippen LogP contribution >= 0.6 is 0 Å². The van der Waals surface area contributed by atoms with Crippen molar-refractivity contribution in [2.24, 2.45) is 11.1 Å². The maximum absolute atomic E-state index is 11.7. The SMILES string of the molecule is CCC1(C)CCN(C(CN)CNC(=O)OC(C)(C)C)CC1. The van der Waals surface area contributed by atoms with Gasteiger partial charge in [-0.15, -0.1) is 0 Å². The van der Waals surface area contributed by atoms with Crippen molar-refractivity contribution >= 4 is 6.09 Å². The molecule has 0 radical (unpaired) electrons. The van der Waals surface area contributed by atoms with Crippen molar-refractivity contribution in [3.05, 3.63) is 0 Å². The molecule has 0 aromatic heterocycles. The van der Waals surface area contributed by atoms with Gasteiger partial charge in [-0.05, 0) is 52.1 Å². The first-order valence-corrected chi connectivity index (χ1v) is 8.10. The van der Waals surface area contributed by atoms with Gasteiger partial charge in [0.05, 0.1) is 0 Å². The van der Waals surface area contributed by atoms with E-state index in [1.807, 2.05) is 20.8 Å². The third kappa shape index (κ3) is 6.22. The zero-order chi connectivity index (χ0) is 16.1. The summed E-state index contributed by atoms with van der Waals surface area (Å²) in [6, 6.07) is 0.193. The Bertz CT molecular complexity index is 331. The maximum Gasteiger partial charge on any atom is 0.407 e. The van der Waals surface area contributed by atoms with Crippen molar-refractivity contribution < 1.29 is 9.53 Å². The highest BCUT2D eigenvalue weighted by molar-refractivity contribution is 5.67. The summed E-state index contributed by atoms with van der Waals surface area (Å²) in [6.45, 7) is 13.4. The number of likely N-dealkylation sites (tertiary alicyclic amines) is 1. The Labute approximate surface area is 129 Å². The van der Waals surface area contributed by atoms with E-state index >= 15 is 0 Å². The van der Waals surface area contributed by atoms with Gasteiger partial charge in [0.25, 0.3) is 0 Å². The molecule has 0 aliphatic carbocycles. The average Bonchev–Trinajstić information content (AvgIpc) is 2.39. The van der Waals surface area contributed by atoms with E-state index in [2.05, 4.69) is 24.1 Å². The van der Waals surface area contributed by atoms with Crippen LogP contribution in [0.25, 0.3) is 0 Å². The minimum Gasteiger partial charge on any atom is -0.444 e. The molecular weight excluding hydrogens is 266 g/mol. The number of hydrogen-bond donors (Lipinski definition) is 2. The molecule has 1 atom stereocenters. The average molecular weight is 299 g/mol. The number of carbonyl (C=O) groups is 1. The summed E-state index contributed by atoms with van der Waals surface area (Å²) in [6.07, 6.45) is 3.26. The Hall–Kier alpha value is -0.810. The predicted molar refractivity (Wildman–Crippen MR) is 86.3 cm³/mol. The summed E-state index contributed by atoms with van der Waals surface area (Å²) in [5.41, 5.74) is 5.89. The van der Waals surface area contributed by atoms with Gasteiger partial charge in [0.1, 0.15) is 5.60 Å². The maximum atomic E-state index is 11.7. The Morgan fingerprint density at radius 3 is 2.38 bits per heavy atom. The van der Waals surface area contributed by atoms with Gasteiger partial charge >= 0.3 is 6.09 Å². The molecule has 1 heterocycles. The Kier molecular flexibility index (Phi) is 6.47. The lowest BCUT2D eigenvalue weighted by Crippen LogP contribution is -2.52. The summed E-state index contributed by atoms with van der Waals surface area (Å²) in [7, 11) is 0. The zero-order valence-electron chi connectivity index (χ0n) is 14.4. The number of alkyl carbamates (subject to hydrolysis) is 1. The van der Waals surface area contributed by atoms with Crippen LogP contribution in [0, 0.1) is 5.41 Å². The monoisotopic (exact) mass is 299 g/mol. The van der Waals surface area contributed by atoms with Crippen molar-refractivity contribution in [3.63, 3.8) is 0 Å². The second-order valence-electron chi connectivity index (χ2n) is 7.47. The summed E-state index contributed by atoms with van der Waals surface area (Å²) >= 11 is 0. The number of nitrogens with one attached hydrogen (secondary N) is 1. The van der Waals surface area contributed by atoms with Gasteiger partial charge in [0, 0.05) is 19.1 Å². The number of nitrogens with two attached hydrogens (primary N) is 1. The largest absolute Gasteiger partial charge is 0.444 e. The lowest BCUT2D eigenvalue weighted by Gasteiger charge is -2.42. The minimum absolute atomic E-state index is 0.193. The van der Waals surface area contributed by atoms with Crippen molar-refractivity contribution in [2.45, 2.75) is 65.5 Å². The van der Waals surface area contributed by atoms with Gasteiger partial charge < -0.3 is 15.8 Å². The topological polar surface area (TPSA) is 67.6 Å². The normalized spacial score (nSPS) is 20.9. The van der Waals surface area contributed by atoms with Crippen LogP contribution in [0.1, 0.15) is 53.9 Å². The standard InChI is InChI=1S/C16H33N3O2/c1-6-16(5)7-9-19(10-8-16)13(11-17)12-18-14(20)21-15(2,3)4/h13H,6-12,17H2,1-5H3,(H,18,20). The molecule has 1 unspecified atom stereocenters. The number of piperidine rings is 1. The Morgan fingerprint density at radius 2 is 1.95 bits per heavy atom. The molecule has 0 aromatic carbocycles. The van der Waals surface area contributed by atoms with Gasteiger partial charge in [0.15, 0.2) is 0 Å². The van der Waals surface area contributed by atoms with E-state index < -0.39 is 5.60 Å². The van der Waals surface area contributed by atoms with Gasteiger partial charge in [-0.1, -0.05) is 20.3 Å². The lowest BCUT2D eigenvalue weighted by atomic mass is 9.78. The van der Waals surface area contributed by atoms with E-state index in [4.69, 9.17) is 10.5 Å². The number of carbonyl (C=O) groups excluding carboxylic acids is 1. The quantitative estimate of drug-likeness (QED) is 0.818. The van der Waals surface area contributed by atoms with Crippen LogP contribution < -0.4 is 11.1 Å². The molecule has 1 aliphatic heterocycles. The highest BCUT2D eigenvalue weighted by Crippen LogP contribution is 2.34. The van der Waals surface area contributed by atoms with E-state index in [0.717, 1.165) is 13.1 Å². The Morgan fingerprint density at radius 1 is 1.38 bits per heavy atom. The van der Waals surface area contributed by atoms with E-state index in [1.165, 1.54) is 19.3 Å². The summed E-state index contributed by atoms with van der Waals surface area (Å²) < 4.78 is 5.26. The summed E-state index contributed by atoms with van der Waals surface area (Å²) in [4.78, 5) is 14.1. The van der Waals surface area contributed by atoms with Gasteiger partial charge in [-0.2, -0.15) is 0 Å². The first kappa shape index (κ1) is 18.2. The van der Waals surface area contributed by atoms with Crippen LogP contribution in [-0.4, -0.2) is 48.8 Å². The van der Waals surface area contributed by atoms with E-state index in [9.17, 15) is 4.79 Å². The van der Waals surface area contributed by atoms with Crippen LogP contribution in [0.3, 0.4) is 0 Å². The smallest absolute Gasteiger partial charge is 0.407 e. The molecule has 5 nitrogen and oxygen atoms in total. The van der Waals surface area contributed by atoms with Crippen LogP contribution in [-0.2, 0) is 4.74 Å². The number of ether oxygens (including phenoxy) is 1. The van der Waals surface area contributed by atoms with Crippen molar-refractivity contribution in [1.29, 1.82) is 0 Å². The highest BCUT2D eigenvalue weighted by atomic mass is 16.6. The fourth-order valence-corrected chi connectivity index (χ4v) is 2.66. The highest BCUT2D eigenvalue weighted by Gasteiger charge is 2.31. The molecule has 1 aliphatic rings. The van der Waals surface area contributed by atoms with Crippen LogP contribution in [0.4, 0.5) is 4.79 Å². The van der Waals surface area contributed by atoms with E-state index in [1.54, 1.807) is 0 Å². The number of amides is 1. The minimum atomic E-state index is -0.462. The summed E-state index contributed by atoms with van der Waals surface area (Å²) in [5.74, 6) is 0. The Balaban J connectivity index is 2.41. The van der Waals surface area contributed by atoms with Crippen LogP contribution in [0.15, 0.2) is 0 Å². The first-order chi connectivity index (χ1) is 9.69. The van der Waals surface area contributed by atoms with E-state index in [-0.39, 0.29) is 12.1 Å². The molecule has 0 aromatic rings. The third-order valence-corrected chi connectivity index (χ3v) is 4.53. The molecule has 1 fully saturated rings. The number of nitrogens with zero attached hydrogens (tertiary/aromatic N) is 1. The fourth-order valence-electron chi connectivity index (χ4n) is 2.66. The molecule has 1 rings (SSSR count). The van der Waals surface area contributed by atoms with Crippen molar-refractivity contribution in [1.82, 2.24) is 10.2 Å². The molecule has 3 N–H and O–H groups in total. The molecule has 124 valence electrons. The molecule has 1 amide bonds. The second-order valence-corrected chi connectivity index (χ2v) is 7.47. The van der Waals surface area contributed by atoms with Gasteiger partial charge in [-0.3, -0.25) is 4.90 Å². The molecule has 0 bridgehead atoms. The van der Waals surface area contributed by atoms with Crippen molar-refractivity contribution in [3.8, 4) is 0 Å². The zero-order valence-corrected chi connectivity index (χ0v) is 14.4. The van der Waals surface area contributed by atoms with Crippen LogP contribution in [0.2, 0.25) is 0 Å². The lowest BCUT2D eigenvalue weighted by molar-refractivity contribution is 0.0474. The fraction of sp³-hybridized carbons (Fsp3) is 0.938. The van der Waals surface area contributed by atoms with Crippen LogP contribution in [0.5, 0.6) is 0 Å². The number of hydrogen-bond acceptors (Lipinski definition) is 4. The molecule has 0 spiro atoms. The predicted octanol–water partition coefficient (Wildman–Crippen LogP) is 2.35. The van der Waals surface area contributed by atoms with Crippen molar-refractivity contribution in [2.75, 3.05) is 26.2 Å². The first-order valence-electron chi connectivity index (χ1n) is 8.10. The molecule has 21 heavy (non-hydrogen) atoms. The van der Waals surface area contributed by atoms with Gasteiger partial charge in [-0.25, -0.2) is 4.79 Å². The summed E-state index contributed by atoms with van der Waals surface area (Å²) in [5, 5.41) is 2.84. The number of rotatable bonds is 5. The van der Waals surface area contributed by atoms with Gasteiger partial charge in [0.2, 0.25) is 0 Å². The molecule has 5 heteroatoms. The molecule has 1 saturated heterocycles. The second kappa shape index (κ2) is 7.45. The molecule has 0 saturated carbocycles. The van der Waals surface area contributed by atoms with E-state index in [0.29, 0.717) is 18.5 Å². The molecular formula is C16H33N3O2.